The minimum atomic E-state index is -0.349. The molecule has 8 heteroatoms. The smallest absolute Gasteiger partial charge is 0.263 e. The van der Waals surface area contributed by atoms with Crippen molar-refractivity contribution in [3.63, 3.8) is 0 Å². The van der Waals surface area contributed by atoms with Crippen LogP contribution in [-0.2, 0) is 0 Å². The summed E-state index contributed by atoms with van der Waals surface area (Å²) in [6, 6.07) is 12.3. The lowest BCUT2D eigenvalue weighted by Gasteiger charge is -2.12. The van der Waals surface area contributed by atoms with Gasteiger partial charge in [0, 0.05) is 22.6 Å². The van der Waals surface area contributed by atoms with E-state index in [2.05, 4.69) is 31.2 Å². The number of carbonyl (C=O) groups is 1. The Hall–Kier alpha value is -3.39. The summed E-state index contributed by atoms with van der Waals surface area (Å²) in [5.41, 5.74) is 2.86. The molecule has 1 amide bonds. The van der Waals surface area contributed by atoms with Crippen LogP contribution < -0.4 is 14.8 Å². The number of benzene rings is 2. The standard InChI is InChI=1S/C21H16BrN3O4/c1-27-17-4-3-5-18(28-2)19(17)20(26)24-14-6-7-16-15(9-14)25-21(29-16)12-8-13(22)11-23-10-12/h3-11H,1-2H3,(H,24,26). The van der Waals surface area contributed by atoms with Gasteiger partial charge in [-0.1, -0.05) is 6.07 Å². The first-order chi connectivity index (χ1) is 14.1. The molecule has 146 valence electrons. The van der Waals surface area contributed by atoms with Gasteiger partial charge >= 0.3 is 0 Å². The molecule has 2 aromatic heterocycles. The van der Waals surface area contributed by atoms with Crippen molar-refractivity contribution in [1.29, 1.82) is 0 Å². The molecule has 29 heavy (non-hydrogen) atoms. The Morgan fingerprint density at radius 3 is 2.52 bits per heavy atom. The van der Waals surface area contributed by atoms with E-state index >= 15 is 0 Å². The number of carbonyl (C=O) groups excluding carboxylic acids is 1. The number of rotatable bonds is 5. The molecule has 4 rings (SSSR count). The minimum absolute atomic E-state index is 0.318. The summed E-state index contributed by atoms with van der Waals surface area (Å²) in [6.07, 6.45) is 3.36. The number of fused-ring (bicyclic) bond motifs is 1. The van der Waals surface area contributed by atoms with Crippen molar-refractivity contribution >= 4 is 38.6 Å². The number of pyridine rings is 1. The topological polar surface area (TPSA) is 86.5 Å². The average molecular weight is 454 g/mol. The van der Waals surface area contributed by atoms with Gasteiger partial charge in [0.1, 0.15) is 22.6 Å². The number of hydrogen-bond acceptors (Lipinski definition) is 6. The molecule has 0 spiro atoms. The lowest BCUT2D eigenvalue weighted by Crippen LogP contribution is -2.14. The van der Waals surface area contributed by atoms with Crippen LogP contribution in [0, 0.1) is 0 Å². The summed E-state index contributed by atoms with van der Waals surface area (Å²) in [6.45, 7) is 0. The Balaban J connectivity index is 1.65. The SMILES string of the molecule is COc1cccc(OC)c1C(=O)Nc1ccc2oc(-c3cncc(Br)c3)nc2c1. The Morgan fingerprint density at radius 2 is 1.83 bits per heavy atom. The van der Waals surface area contributed by atoms with E-state index in [9.17, 15) is 4.79 Å². The highest BCUT2D eigenvalue weighted by Crippen LogP contribution is 2.30. The Labute approximate surface area is 174 Å². The maximum atomic E-state index is 12.8. The van der Waals surface area contributed by atoms with Crippen molar-refractivity contribution < 1.29 is 18.7 Å². The Morgan fingerprint density at radius 1 is 1.07 bits per heavy atom. The van der Waals surface area contributed by atoms with Gasteiger partial charge in [-0.3, -0.25) is 9.78 Å². The molecule has 0 bridgehead atoms. The average Bonchev–Trinajstić information content (AvgIpc) is 3.16. The van der Waals surface area contributed by atoms with Crippen LogP contribution in [0.1, 0.15) is 10.4 Å². The fourth-order valence-corrected chi connectivity index (χ4v) is 3.29. The van der Waals surface area contributed by atoms with Crippen LogP contribution in [-0.4, -0.2) is 30.1 Å². The van der Waals surface area contributed by atoms with E-state index in [1.807, 2.05) is 6.07 Å². The number of anilines is 1. The number of nitrogens with one attached hydrogen (secondary N) is 1. The lowest BCUT2D eigenvalue weighted by molar-refractivity contribution is 0.102. The molecular weight excluding hydrogens is 438 g/mol. The molecule has 0 saturated carbocycles. The van der Waals surface area contributed by atoms with Crippen LogP contribution >= 0.6 is 15.9 Å². The van der Waals surface area contributed by atoms with Crippen molar-refractivity contribution in [1.82, 2.24) is 9.97 Å². The number of amides is 1. The molecule has 0 radical (unpaired) electrons. The van der Waals surface area contributed by atoms with Gasteiger partial charge < -0.3 is 19.2 Å². The summed E-state index contributed by atoms with van der Waals surface area (Å²) in [7, 11) is 3.01. The third kappa shape index (κ3) is 3.79. The molecule has 0 aliphatic heterocycles. The van der Waals surface area contributed by atoms with Crippen molar-refractivity contribution in [3.8, 4) is 23.0 Å². The zero-order valence-corrected chi connectivity index (χ0v) is 17.2. The fraction of sp³-hybridized carbons (Fsp3) is 0.0952. The number of nitrogens with zero attached hydrogens (tertiary/aromatic N) is 2. The van der Waals surface area contributed by atoms with E-state index in [1.54, 1.807) is 48.8 Å². The van der Waals surface area contributed by atoms with Crippen LogP contribution in [0.2, 0.25) is 0 Å². The van der Waals surface area contributed by atoms with E-state index in [1.165, 1.54) is 14.2 Å². The zero-order chi connectivity index (χ0) is 20.4. The van der Waals surface area contributed by atoms with Gasteiger partial charge in [-0.15, -0.1) is 0 Å². The van der Waals surface area contributed by atoms with Gasteiger partial charge in [0.25, 0.3) is 5.91 Å². The highest BCUT2D eigenvalue weighted by Gasteiger charge is 2.19. The molecule has 0 aliphatic rings. The van der Waals surface area contributed by atoms with E-state index in [0.29, 0.717) is 39.7 Å². The van der Waals surface area contributed by atoms with Gasteiger partial charge in [0.2, 0.25) is 5.89 Å². The molecule has 1 N–H and O–H groups in total. The summed E-state index contributed by atoms with van der Waals surface area (Å²) >= 11 is 3.39. The van der Waals surface area contributed by atoms with Gasteiger partial charge in [-0.2, -0.15) is 0 Å². The largest absolute Gasteiger partial charge is 0.496 e. The van der Waals surface area contributed by atoms with Crippen LogP contribution in [0.25, 0.3) is 22.6 Å². The predicted molar refractivity (Wildman–Crippen MR) is 112 cm³/mol. The molecular formula is C21H16BrN3O4. The summed E-state index contributed by atoms with van der Waals surface area (Å²) in [4.78, 5) is 21.5. The van der Waals surface area contributed by atoms with Crippen molar-refractivity contribution in [2.75, 3.05) is 19.5 Å². The van der Waals surface area contributed by atoms with Crippen molar-refractivity contribution in [3.05, 3.63) is 64.9 Å². The van der Waals surface area contributed by atoms with Crippen molar-refractivity contribution in [2.24, 2.45) is 0 Å². The first-order valence-electron chi connectivity index (χ1n) is 8.63. The first-order valence-corrected chi connectivity index (χ1v) is 9.42. The number of hydrogen-bond donors (Lipinski definition) is 1. The lowest BCUT2D eigenvalue weighted by atomic mass is 10.1. The maximum absolute atomic E-state index is 12.8. The predicted octanol–water partition coefficient (Wildman–Crippen LogP) is 4.92. The molecule has 0 atom stereocenters. The second-order valence-electron chi connectivity index (χ2n) is 6.09. The maximum Gasteiger partial charge on any atom is 0.263 e. The fourth-order valence-electron chi connectivity index (χ4n) is 2.93. The molecule has 0 aliphatic carbocycles. The highest BCUT2D eigenvalue weighted by atomic mass is 79.9. The molecule has 7 nitrogen and oxygen atoms in total. The first kappa shape index (κ1) is 18.9. The number of halogens is 1. The molecule has 0 unspecified atom stereocenters. The van der Waals surface area contributed by atoms with E-state index < -0.39 is 0 Å². The third-order valence-corrected chi connectivity index (χ3v) is 4.69. The molecule has 0 saturated heterocycles. The Bertz CT molecular complexity index is 1180. The molecule has 2 aromatic carbocycles. The van der Waals surface area contributed by atoms with Gasteiger partial charge in [-0.25, -0.2) is 4.98 Å². The monoisotopic (exact) mass is 453 g/mol. The van der Waals surface area contributed by atoms with E-state index in [-0.39, 0.29) is 5.91 Å². The molecule has 2 heterocycles. The zero-order valence-electron chi connectivity index (χ0n) is 15.6. The van der Waals surface area contributed by atoms with Gasteiger partial charge in [0.15, 0.2) is 5.58 Å². The second kappa shape index (κ2) is 7.92. The highest BCUT2D eigenvalue weighted by molar-refractivity contribution is 9.10. The summed E-state index contributed by atoms with van der Waals surface area (Å²) in [5, 5.41) is 2.86. The summed E-state index contributed by atoms with van der Waals surface area (Å²) in [5.74, 6) is 0.949. The number of oxazole rings is 1. The molecule has 0 fully saturated rings. The van der Waals surface area contributed by atoms with E-state index in [0.717, 1.165) is 10.0 Å². The van der Waals surface area contributed by atoms with Crippen LogP contribution in [0.5, 0.6) is 11.5 Å². The van der Waals surface area contributed by atoms with Gasteiger partial charge in [0.05, 0.1) is 19.8 Å². The number of ether oxygens (including phenoxy) is 2. The van der Waals surface area contributed by atoms with Crippen LogP contribution in [0.4, 0.5) is 5.69 Å². The minimum Gasteiger partial charge on any atom is -0.496 e. The quantitative estimate of drug-likeness (QED) is 0.461. The van der Waals surface area contributed by atoms with Gasteiger partial charge in [-0.05, 0) is 52.3 Å². The van der Waals surface area contributed by atoms with Crippen LogP contribution in [0.15, 0.2) is 63.7 Å². The van der Waals surface area contributed by atoms with E-state index in [4.69, 9.17) is 13.9 Å². The number of aromatic nitrogens is 2. The Kier molecular flexibility index (Phi) is 5.18. The third-order valence-electron chi connectivity index (χ3n) is 4.25. The normalized spacial score (nSPS) is 10.7. The summed E-state index contributed by atoms with van der Waals surface area (Å²) < 4.78 is 17.2. The second-order valence-corrected chi connectivity index (χ2v) is 7.00. The number of methoxy groups -OCH3 is 2. The molecule has 4 aromatic rings. The van der Waals surface area contributed by atoms with Crippen molar-refractivity contribution in [2.45, 2.75) is 0 Å². The van der Waals surface area contributed by atoms with Crippen LogP contribution in [0.3, 0.4) is 0 Å².